The number of halogens is 2. The highest BCUT2D eigenvalue weighted by Crippen LogP contribution is 2.22. The second kappa shape index (κ2) is 5.05. The molecule has 3 aromatic rings. The van der Waals surface area contributed by atoms with Crippen LogP contribution in [0.1, 0.15) is 5.56 Å². The third-order valence-electron chi connectivity index (χ3n) is 3.08. The van der Waals surface area contributed by atoms with Crippen molar-refractivity contribution >= 4 is 32.5 Å². The van der Waals surface area contributed by atoms with Crippen molar-refractivity contribution in [3.63, 3.8) is 0 Å². The third-order valence-corrected chi connectivity index (χ3v) is 3.57. The zero-order valence-electron chi connectivity index (χ0n) is 10.1. The summed E-state index contributed by atoms with van der Waals surface area (Å²) >= 11 is 3.25. The van der Waals surface area contributed by atoms with Gasteiger partial charge in [-0.3, -0.25) is 0 Å². The van der Waals surface area contributed by atoms with E-state index in [0.717, 1.165) is 20.9 Å². The van der Waals surface area contributed by atoms with Gasteiger partial charge in [0.2, 0.25) is 0 Å². The zero-order chi connectivity index (χ0) is 13.2. The summed E-state index contributed by atoms with van der Waals surface area (Å²) in [5.41, 5.74) is 2.72. The maximum absolute atomic E-state index is 13.7. The lowest BCUT2D eigenvalue weighted by molar-refractivity contribution is 0.629. The lowest BCUT2D eigenvalue weighted by atomic mass is 10.2. The number of benzene rings is 2. The van der Waals surface area contributed by atoms with Gasteiger partial charge < -0.3 is 10.3 Å². The predicted molar refractivity (Wildman–Crippen MR) is 79.7 cm³/mol. The second-order valence-corrected chi connectivity index (χ2v) is 5.25. The minimum Gasteiger partial charge on any atom is -0.379 e. The van der Waals surface area contributed by atoms with E-state index in [2.05, 4.69) is 32.3 Å². The number of hydrogen-bond acceptors (Lipinski definition) is 1. The van der Waals surface area contributed by atoms with Crippen LogP contribution < -0.4 is 5.32 Å². The molecule has 19 heavy (non-hydrogen) atoms. The number of nitrogens with one attached hydrogen (secondary N) is 2. The molecule has 0 radical (unpaired) electrons. The van der Waals surface area contributed by atoms with E-state index in [4.69, 9.17) is 0 Å². The summed E-state index contributed by atoms with van der Waals surface area (Å²) in [6.07, 6.45) is 1.95. The van der Waals surface area contributed by atoms with Crippen molar-refractivity contribution in [2.45, 2.75) is 6.54 Å². The van der Waals surface area contributed by atoms with Crippen molar-refractivity contribution in [3.05, 3.63) is 64.5 Å². The molecule has 0 saturated carbocycles. The monoisotopic (exact) mass is 318 g/mol. The van der Waals surface area contributed by atoms with E-state index < -0.39 is 0 Å². The summed E-state index contributed by atoms with van der Waals surface area (Å²) in [6.45, 7) is 0.586. The third kappa shape index (κ3) is 2.49. The summed E-state index contributed by atoms with van der Waals surface area (Å²) in [5.74, 6) is -0.255. The van der Waals surface area contributed by atoms with Gasteiger partial charge in [0.05, 0.1) is 5.69 Å². The largest absolute Gasteiger partial charge is 0.379 e. The summed E-state index contributed by atoms with van der Waals surface area (Å²) in [4.78, 5) is 3.21. The van der Waals surface area contributed by atoms with Gasteiger partial charge in [-0.2, -0.15) is 0 Å². The van der Waals surface area contributed by atoms with Crippen LogP contribution in [0.2, 0.25) is 0 Å². The highest BCUT2D eigenvalue weighted by Gasteiger charge is 2.05. The van der Waals surface area contributed by atoms with Crippen LogP contribution in [0.25, 0.3) is 10.9 Å². The van der Waals surface area contributed by atoms with Crippen molar-refractivity contribution < 1.29 is 4.39 Å². The fraction of sp³-hybridized carbons (Fsp3) is 0.0667. The van der Waals surface area contributed by atoms with Crippen LogP contribution in [0.4, 0.5) is 10.1 Å². The van der Waals surface area contributed by atoms with Crippen molar-refractivity contribution in [1.29, 1.82) is 0 Å². The minimum atomic E-state index is -0.255. The van der Waals surface area contributed by atoms with E-state index in [-0.39, 0.29) is 5.82 Å². The van der Waals surface area contributed by atoms with Crippen LogP contribution in [0.15, 0.2) is 53.1 Å². The molecule has 0 bridgehead atoms. The Balaban J connectivity index is 1.82. The molecule has 0 saturated heterocycles. The molecule has 4 heteroatoms. The van der Waals surface area contributed by atoms with Crippen molar-refractivity contribution in [3.8, 4) is 0 Å². The Labute approximate surface area is 118 Å². The summed E-state index contributed by atoms with van der Waals surface area (Å²) in [7, 11) is 0. The van der Waals surface area contributed by atoms with E-state index in [9.17, 15) is 4.39 Å². The van der Waals surface area contributed by atoms with Crippen molar-refractivity contribution in [2.75, 3.05) is 5.32 Å². The number of anilines is 1. The Morgan fingerprint density at radius 3 is 2.84 bits per heavy atom. The Morgan fingerprint density at radius 2 is 2.00 bits per heavy atom. The second-order valence-electron chi connectivity index (χ2n) is 4.34. The van der Waals surface area contributed by atoms with Gasteiger partial charge in [-0.15, -0.1) is 0 Å². The fourth-order valence-electron chi connectivity index (χ4n) is 2.10. The first kappa shape index (κ1) is 12.2. The summed E-state index contributed by atoms with van der Waals surface area (Å²) in [6, 6.07) is 13.1. The van der Waals surface area contributed by atoms with Crippen LogP contribution in [0.5, 0.6) is 0 Å². The first-order valence-corrected chi connectivity index (χ1v) is 6.77. The average molecular weight is 319 g/mol. The van der Waals surface area contributed by atoms with Gasteiger partial charge in [-0.25, -0.2) is 4.39 Å². The molecule has 3 rings (SSSR count). The molecule has 0 unspecified atom stereocenters. The van der Waals surface area contributed by atoms with Gasteiger partial charge in [0.15, 0.2) is 0 Å². The van der Waals surface area contributed by atoms with E-state index in [0.29, 0.717) is 12.2 Å². The number of fused-ring (bicyclic) bond motifs is 1. The molecule has 2 aromatic carbocycles. The van der Waals surface area contributed by atoms with Crippen molar-refractivity contribution in [1.82, 2.24) is 4.98 Å². The Bertz CT molecular complexity index is 721. The average Bonchev–Trinajstić information content (AvgIpc) is 2.81. The topological polar surface area (TPSA) is 27.8 Å². The molecule has 1 aromatic heterocycles. The van der Waals surface area contributed by atoms with Gasteiger partial charge in [0, 0.05) is 28.1 Å². The van der Waals surface area contributed by atoms with Crippen LogP contribution >= 0.6 is 15.9 Å². The molecule has 2 nitrogen and oxygen atoms in total. The summed E-state index contributed by atoms with van der Waals surface area (Å²) in [5, 5.41) is 4.28. The lowest BCUT2D eigenvalue weighted by Crippen LogP contribution is -2.00. The number of hydrogen-bond donors (Lipinski definition) is 2. The molecular formula is C15H12BrFN2. The van der Waals surface area contributed by atoms with E-state index in [1.807, 2.05) is 30.5 Å². The highest BCUT2D eigenvalue weighted by molar-refractivity contribution is 9.10. The quantitative estimate of drug-likeness (QED) is 0.721. The molecule has 0 fully saturated rings. The smallest absolute Gasteiger partial charge is 0.147 e. The maximum Gasteiger partial charge on any atom is 0.147 e. The van der Waals surface area contributed by atoms with Gasteiger partial charge in [0.25, 0.3) is 0 Å². The molecule has 0 atom stereocenters. The predicted octanol–water partition coefficient (Wildman–Crippen LogP) is 4.68. The van der Waals surface area contributed by atoms with Gasteiger partial charge in [-0.1, -0.05) is 34.1 Å². The first-order valence-electron chi connectivity index (χ1n) is 5.98. The lowest BCUT2D eigenvalue weighted by Gasteiger charge is -2.07. The number of rotatable bonds is 3. The van der Waals surface area contributed by atoms with Crippen LogP contribution in [-0.2, 0) is 6.54 Å². The minimum absolute atomic E-state index is 0.255. The van der Waals surface area contributed by atoms with E-state index >= 15 is 0 Å². The van der Waals surface area contributed by atoms with Crippen LogP contribution in [0.3, 0.4) is 0 Å². The molecule has 96 valence electrons. The Morgan fingerprint density at radius 1 is 1.16 bits per heavy atom. The molecule has 2 N–H and O–H groups in total. The molecule has 0 aliphatic rings. The summed E-state index contributed by atoms with van der Waals surface area (Å²) < 4.78 is 14.4. The molecule has 0 amide bonds. The maximum atomic E-state index is 13.7. The Hall–Kier alpha value is -1.81. The van der Waals surface area contributed by atoms with Crippen LogP contribution in [0, 0.1) is 5.82 Å². The molecule has 0 aliphatic heterocycles. The number of aromatic amines is 1. The number of para-hydroxylation sites is 1. The highest BCUT2D eigenvalue weighted by atomic mass is 79.9. The SMILES string of the molecule is Fc1cc(Br)ccc1NCc1c[nH]c2ccccc12. The Kier molecular flexibility index (Phi) is 3.25. The normalized spacial score (nSPS) is 10.8. The van der Waals surface area contributed by atoms with Gasteiger partial charge in [0.1, 0.15) is 5.82 Å². The molecule has 1 heterocycles. The fourth-order valence-corrected chi connectivity index (χ4v) is 2.43. The molecular weight excluding hydrogens is 307 g/mol. The number of aromatic nitrogens is 1. The van der Waals surface area contributed by atoms with Crippen molar-refractivity contribution in [2.24, 2.45) is 0 Å². The zero-order valence-corrected chi connectivity index (χ0v) is 11.7. The number of H-pyrrole nitrogens is 1. The first-order chi connectivity index (χ1) is 9.24. The van der Waals surface area contributed by atoms with Gasteiger partial charge >= 0.3 is 0 Å². The molecule has 0 aliphatic carbocycles. The van der Waals surface area contributed by atoms with E-state index in [1.54, 1.807) is 6.07 Å². The molecule has 0 spiro atoms. The van der Waals surface area contributed by atoms with E-state index in [1.165, 1.54) is 6.07 Å². The van der Waals surface area contributed by atoms with Crippen LogP contribution in [-0.4, -0.2) is 4.98 Å². The standard InChI is InChI=1S/C15H12BrFN2/c16-11-5-6-15(13(17)7-11)19-9-10-8-18-14-4-2-1-3-12(10)14/h1-8,18-19H,9H2. The van der Waals surface area contributed by atoms with Gasteiger partial charge in [-0.05, 0) is 29.8 Å².